The van der Waals surface area contributed by atoms with Gasteiger partial charge in [-0.05, 0) is 49.8 Å². The molecule has 5 heteroatoms. The molecule has 1 aliphatic carbocycles. The fraction of sp³-hybridized carbons (Fsp3) is 0.400. The highest BCUT2D eigenvalue weighted by Gasteiger charge is 2.45. The van der Waals surface area contributed by atoms with Crippen molar-refractivity contribution in [3.63, 3.8) is 0 Å². The smallest absolute Gasteiger partial charge is 0.241 e. The molecule has 5 nitrogen and oxygen atoms in total. The normalized spacial score (nSPS) is 15.0. The van der Waals surface area contributed by atoms with Gasteiger partial charge in [0.25, 0.3) is 0 Å². The molecule has 0 bridgehead atoms. The summed E-state index contributed by atoms with van der Waals surface area (Å²) < 4.78 is 0. The van der Waals surface area contributed by atoms with Gasteiger partial charge >= 0.3 is 0 Å². The summed E-state index contributed by atoms with van der Waals surface area (Å²) in [5.41, 5.74) is 3.21. The van der Waals surface area contributed by atoms with Crippen LogP contribution in [0.4, 0.5) is 5.82 Å². The van der Waals surface area contributed by atoms with E-state index in [0.29, 0.717) is 13.1 Å². The fourth-order valence-electron chi connectivity index (χ4n) is 3.44. The van der Waals surface area contributed by atoms with Crippen LogP contribution >= 0.6 is 0 Å². The zero-order valence-electron chi connectivity index (χ0n) is 15.2. The van der Waals surface area contributed by atoms with Crippen molar-refractivity contribution in [3.8, 4) is 0 Å². The summed E-state index contributed by atoms with van der Waals surface area (Å²) in [6.45, 7) is 3.26. The summed E-state index contributed by atoms with van der Waals surface area (Å²) in [5, 5.41) is 6.35. The van der Waals surface area contributed by atoms with Crippen LogP contribution in [-0.2, 0) is 17.6 Å². The third-order valence-corrected chi connectivity index (χ3v) is 5.00. The van der Waals surface area contributed by atoms with Crippen molar-refractivity contribution in [2.24, 2.45) is 0 Å². The van der Waals surface area contributed by atoms with Gasteiger partial charge in [0.2, 0.25) is 5.91 Å². The quantitative estimate of drug-likeness (QED) is 0.791. The van der Waals surface area contributed by atoms with Crippen molar-refractivity contribution in [3.05, 3.63) is 59.3 Å². The van der Waals surface area contributed by atoms with Crippen molar-refractivity contribution in [2.75, 3.05) is 32.5 Å². The van der Waals surface area contributed by atoms with Gasteiger partial charge in [0.15, 0.2) is 0 Å². The van der Waals surface area contributed by atoms with Gasteiger partial charge in [0, 0.05) is 32.1 Å². The van der Waals surface area contributed by atoms with Crippen molar-refractivity contribution < 1.29 is 4.79 Å². The van der Waals surface area contributed by atoms with Crippen LogP contribution in [0.5, 0.6) is 0 Å². The van der Waals surface area contributed by atoms with Gasteiger partial charge in [-0.3, -0.25) is 9.69 Å². The number of aromatic nitrogens is 1. The first-order valence-electron chi connectivity index (χ1n) is 8.70. The summed E-state index contributed by atoms with van der Waals surface area (Å²) in [5.74, 6) is 0.928. The van der Waals surface area contributed by atoms with Crippen LogP contribution in [0.25, 0.3) is 0 Å². The van der Waals surface area contributed by atoms with Gasteiger partial charge in [-0.1, -0.05) is 24.3 Å². The number of fused-ring (bicyclic) bond motifs is 1. The number of nitrogens with zero attached hydrogens (tertiary/aromatic N) is 2. The van der Waals surface area contributed by atoms with E-state index in [1.807, 2.05) is 45.3 Å². The Balaban J connectivity index is 1.58. The van der Waals surface area contributed by atoms with Crippen LogP contribution in [0.15, 0.2) is 42.6 Å². The first kappa shape index (κ1) is 17.4. The molecule has 1 heterocycles. The Morgan fingerprint density at radius 2 is 1.84 bits per heavy atom. The number of carbonyl (C=O) groups excluding carboxylic acids is 1. The zero-order chi connectivity index (χ0) is 17.9. The summed E-state index contributed by atoms with van der Waals surface area (Å²) in [6.07, 6.45) is 3.30. The van der Waals surface area contributed by atoms with Crippen molar-refractivity contribution in [1.29, 1.82) is 0 Å². The van der Waals surface area contributed by atoms with Crippen molar-refractivity contribution >= 4 is 11.7 Å². The number of hydrogen-bond donors (Lipinski definition) is 2. The third-order valence-electron chi connectivity index (χ3n) is 5.00. The van der Waals surface area contributed by atoms with Gasteiger partial charge in [-0.15, -0.1) is 0 Å². The van der Waals surface area contributed by atoms with E-state index >= 15 is 0 Å². The second kappa shape index (κ2) is 7.23. The number of amides is 1. The Bertz CT molecular complexity index is 732. The highest BCUT2D eigenvalue weighted by molar-refractivity contribution is 5.88. The molecule has 0 fully saturated rings. The van der Waals surface area contributed by atoms with Gasteiger partial charge in [0.1, 0.15) is 11.4 Å². The van der Waals surface area contributed by atoms with Crippen LogP contribution in [0, 0.1) is 6.92 Å². The summed E-state index contributed by atoms with van der Waals surface area (Å²) in [6, 6.07) is 12.3. The number of pyridine rings is 1. The molecule has 0 saturated heterocycles. The largest absolute Gasteiger partial charge is 0.368 e. The molecule has 2 N–H and O–H groups in total. The molecule has 132 valence electrons. The summed E-state index contributed by atoms with van der Waals surface area (Å²) in [7, 11) is 3.97. The minimum Gasteiger partial charge on any atom is -0.368 e. The van der Waals surface area contributed by atoms with E-state index in [1.54, 1.807) is 6.20 Å². The van der Waals surface area contributed by atoms with Crippen molar-refractivity contribution in [1.82, 2.24) is 15.2 Å². The number of benzene rings is 1. The Labute approximate surface area is 149 Å². The van der Waals surface area contributed by atoms with Gasteiger partial charge in [-0.25, -0.2) is 4.98 Å². The number of carbonyl (C=O) groups is 1. The van der Waals surface area contributed by atoms with Crippen LogP contribution in [0.1, 0.15) is 16.7 Å². The standard InChI is InChI=1S/C20H26N4O/c1-15-8-9-21-18(12-15)22-10-11-23-19(25)20(24(2)3)13-16-6-4-5-7-17(16)14-20/h4-9,12H,10-11,13-14H2,1-3H3,(H,21,22)(H,23,25). The average Bonchev–Trinajstić information content (AvgIpc) is 2.99. The van der Waals surface area contributed by atoms with Crippen LogP contribution < -0.4 is 10.6 Å². The number of anilines is 1. The Morgan fingerprint density at radius 3 is 2.44 bits per heavy atom. The molecule has 0 unspecified atom stereocenters. The minimum atomic E-state index is -0.495. The van der Waals surface area contributed by atoms with Gasteiger partial charge in [-0.2, -0.15) is 0 Å². The minimum absolute atomic E-state index is 0.0905. The van der Waals surface area contributed by atoms with Gasteiger partial charge < -0.3 is 10.6 Å². The van der Waals surface area contributed by atoms with E-state index in [9.17, 15) is 4.79 Å². The molecule has 2 aromatic rings. The van der Waals surface area contributed by atoms with E-state index in [-0.39, 0.29) is 5.91 Å². The maximum Gasteiger partial charge on any atom is 0.241 e. The molecule has 25 heavy (non-hydrogen) atoms. The molecule has 1 amide bonds. The SMILES string of the molecule is Cc1ccnc(NCCNC(=O)C2(N(C)C)Cc3ccccc3C2)c1. The lowest BCUT2D eigenvalue weighted by atomic mass is 9.93. The van der Waals surface area contributed by atoms with Crippen LogP contribution in [0.2, 0.25) is 0 Å². The number of nitrogens with one attached hydrogen (secondary N) is 2. The van der Waals surface area contributed by atoms with E-state index in [0.717, 1.165) is 24.2 Å². The lowest BCUT2D eigenvalue weighted by Crippen LogP contribution is -2.57. The molecular formula is C20H26N4O. The average molecular weight is 338 g/mol. The first-order valence-corrected chi connectivity index (χ1v) is 8.70. The Kier molecular flexibility index (Phi) is 5.04. The summed E-state index contributed by atoms with van der Waals surface area (Å²) in [4.78, 5) is 19.3. The molecule has 1 aromatic carbocycles. The molecule has 3 rings (SSSR count). The third kappa shape index (κ3) is 3.66. The molecule has 0 saturated carbocycles. The zero-order valence-corrected chi connectivity index (χ0v) is 15.2. The van der Waals surface area contributed by atoms with E-state index in [1.165, 1.54) is 11.1 Å². The summed E-state index contributed by atoms with van der Waals surface area (Å²) >= 11 is 0. The topological polar surface area (TPSA) is 57.3 Å². The predicted molar refractivity (Wildman–Crippen MR) is 101 cm³/mol. The highest BCUT2D eigenvalue weighted by atomic mass is 16.2. The second-order valence-corrected chi connectivity index (χ2v) is 6.95. The first-order chi connectivity index (χ1) is 12.0. The molecule has 1 aliphatic rings. The fourth-order valence-corrected chi connectivity index (χ4v) is 3.44. The monoisotopic (exact) mass is 338 g/mol. The highest BCUT2D eigenvalue weighted by Crippen LogP contribution is 2.33. The lowest BCUT2D eigenvalue weighted by Gasteiger charge is -2.34. The van der Waals surface area contributed by atoms with Gasteiger partial charge in [0.05, 0.1) is 0 Å². The maximum atomic E-state index is 12.9. The van der Waals surface area contributed by atoms with E-state index in [2.05, 4.69) is 32.7 Å². The maximum absolute atomic E-state index is 12.9. The number of likely N-dealkylation sites (N-methyl/N-ethyl adjacent to an activating group) is 1. The van der Waals surface area contributed by atoms with E-state index in [4.69, 9.17) is 0 Å². The van der Waals surface area contributed by atoms with Crippen LogP contribution in [0.3, 0.4) is 0 Å². The lowest BCUT2D eigenvalue weighted by molar-refractivity contribution is -0.131. The second-order valence-electron chi connectivity index (χ2n) is 6.95. The van der Waals surface area contributed by atoms with Crippen molar-refractivity contribution in [2.45, 2.75) is 25.3 Å². The number of hydrogen-bond acceptors (Lipinski definition) is 4. The Morgan fingerprint density at radius 1 is 1.16 bits per heavy atom. The predicted octanol–water partition coefficient (Wildman–Crippen LogP) is 2.02. The van der Waals surface area contributed by atoms with E-state index < -0.39 is 5.54 Å². The molecule has 1 aromatic heterocycles. The molecule has 0 aliphatic heterocycles. The Hall–Kier alpha value is -2.40. The molecule has 0 spiro atoms. The molecule has 0 atom stereocenters. The molecule has 0 radical (unpaired) electrons. The van der Waals surface area contributed by atoms with Crippen LogP contribution in [-0.4, -0.2) is 48.5 Å². The number of rotatable bonds is 6. The molecular weight excluding hydrogens is 312 g/mol. The number of aryl methyl sites for hydroxylation is 1.